The summed E-state index contributed by atoms with van der Waals surface area (Å²) in [7, 11) is 0. The van der Waals surface area contributed by atoms with Gasteiger partial charge in [-0.05, 0) is 43.4 Å². The number of rotatable bonds is 1. The van der Waals surface area contributed by atoms with E-state index in [9.17, 15) is 0 Å². The monoisotopic (exact) mass is 239 g/mol. The Labute approximate surface area is 107 Å². The molecule has 1 atom stereocenters. The van der Waals surface area contributed by atoms with Gasteiger partial charge >= 0.3 is 0 Å². The van der Waals surface area contributed by atoms with Crippen LogP contribution in [-0.2, 0) is 6.42 Å². The molecular formula is C15H17N3. The average Bonchev–Trinajstić information content (AvgIpc) is 2.41. The highest BCUT2D eigenvalue weighted by Gasteiger charge is 2.24. The van der Waals surface area contributed by atoms with Crippen molar-refractivity contribution < 1.29 is 0 Å². The molecule has 2 N–H and O–H groups in total. The van der Waals surface area contributed by atoms with Crippen LogP contribution in [-0.4, -0.2) is 9.97 Å². The van der Waals surface area contributed by atoms with Gasteiger partial charge in [-0.1, -0.05) is 12.1 Å². The van der Waals surface area contributed by atoms with E-state index in [2.05, 4.69) is 29.0 Å². The molecule has 0 spiro atoms. The fourth-order valence-corrected chi connectivity index (χ4v) is 2.79. The van der Waals surface area contributed by atoms with Crippen molar-refractivity contribution in [3.8, 4) is 0 Å². The first-order valence-electron chi connectivity index (χ1n) is 6.41. The van der Waals surface area contributed by atoms with Gasteiger partial charge in [0.2, 0.25) is 0 Å². The second-order valence-corrected chi connectivity index (χ2v) is 4.98. The van der Waals surface area contributed by atoms with Crippen molar-refractivity contribution in [1.29, 1.82) is 0 Å². The van der Waals surface area contributed by atoms with E-state index < -0.39 is 0 Å². The zero-order valence-corrected chi connectivity index (χ0v) is 10.6. The normalized spacial score (nSPS) is 18.4. The van der Waals surface area contributed by atoms with E-state index in [1.54, 1.807) is 0 Å². The molecule has 3 heteroatoms. The summed E-state index contributed by atoms with van der Waals surface area (Å²) in [5.74, 6) is 0.950. The topological polar surface area (TPSA) is 51.8 Å². The minimum absolute atomic E-state index is 0.308. The minimum Gasteiger partial charge on any atom is -0.383 e. The second kappa shape index (κ2) is 4.41. The van der Waals surface area contributed by atoms with Gasteiger partial charge in [-0.2, -0.15) is 0 Å². The molecule has 18 heavy (non-hydrogen) atoms. The summed E-state index contributed by atoms with van der Waals surface area (Å²) >= 11 is 0. The van der Waals surface area contributed by atoms with Crippen LogP contribution in [0.25, 0.3) is 0 Å². The number of nitrogen functional groups attached to an aromatic ring is 1. The van der Waals surface area contributed by atoms with Crippen molar-refractivity contribution in [2.75, 3.05) is 5.73 Å². The number of aryl methyl sites for hydroxylation is 2. The number of aromatic nitrogens is 2. The van der Waals surface area contributed by atoms with Gasteiger partial charge in [0.1, 0.15) is 5.82 Å². The first kappa shape index (κ1) is 11.2. The fourth-order valence-electron chi connectivity index (χ4n) is 2.79. The summed E-state index contributed by atoms with van der Waals surface area (Å²) in [4.78, 5) is 8.84. The van der Waals surface area contributed by atoms with E-state index in [1.165, 1.54) is 17.7 Å². The Hall–Kier alpha value is -1.90. The fraction of sp³-hybridized carbons (Fsp3) is 0.333. The second-order valence-electron chi connectivity index (χ2n) is 4.98. The summed E-state index contributed by atoms with van der Waals surface area (Å²) in [6.45, 7) is 2.05. The lowest BCUT2D eigenvalue weighted by molar-refractivity contribution is 0.598. The predicted octanol–water partition coefficient (Wildman–Crippen LogP) is 2.84. The quantitative estimate of drug-likeness (QED) is 0.832. The van der Waals surface area contributed by atoms with Crippen molar-refractivity contribution in [3.63, 3.8) is 0 Å². The number of nitrogens with zero attached hydrogens (tertiary/aromatic N) is 2. The van der Waals surface area contributed by atoms with Gasteiger partial charge < -0.3 is 5.73 Å². The molecule has 1 aliphatic carbocycles. The molecule has 0 bridgehead atoms. The first-order valence-corrected chi connectivity index (χ1v) is 6.41. The largest absolute Gasteiger partial charge is 0.383 e. The molecule has 2 heterocycles. The van der Waals surface area contributed by atoms with Gasteiger partial charge in [0.25, 0.3) is 0 Å². The minimum atomic E-state index is 0.308. The molecule has 3 nitrogen and oxygen atoms in total. The summed E-state index contributed by atoms with van der Waals surface area (Å²) in [6.07, 6.45) is 7.12. The molecule has 0 amide bonds. The van der Waals surface area contributed by atoms with Crippen LogP contribution in [0.2, 0.25) is 0 Å². The lowest BCUT2D eigenvalue weighted by atomic mass is 9.82. The Balaban J connectivity index is 2.11. The molecule has 2 aromatic rings. The Morgan fingerprint density at radius 3 is 3.11 bits per heavy atom. The third kappa shape index (κ3) is 1.86. The van der Waals surface area contributed by atoms with Crippen LogP contribution in [0.5, 0.6) is 0 Å². The standard InChI is InChI=1S/C15H17N3/c1-10-8-13(15(16)18-9-10)12-6-2-4-11-5-3-7-17-14(11)12/h3,5,7-9,12H,2,4,6H2,1H3,(H2,16,18). The van der Waals surface area contributed by atoms with Crippen molar-refractivity contribution in [2.45, 2.75) is 32.1 Å². The number of anilines is 1. The third-order valence-corrected chi connectivity index (χ3v) is 3.66. The Morgan fingerprint density at radius 1 is 1.33 bits per heavy atom. The molecular weight excluding hydrogens is 222 g/mol. The van der Waals surface area contributed by atoms with E-state index >= 15 is 0 Å². The lowest BCUT2D eigenvalue weighted by Crippen LogP contribution is -2.15. The van der Waals surface area contributed by atoms with Crippen molar-refractivity contribution in [1.82, 2.24) is 9.97 Å². The molecule has 0 saturated carbocycles. The van der Waals surface area contributed by atoms with E-state index in [1.807, 2.05) is 18.5 Å². The Bertz CT molecular complexity index is 578. The summed E-state index contributed by atoms with van der Waals surface area (Å²) in [5.41, 5.74) is 10.9. The average molecular weight is 239 g/mol. The van der Waals surface area contributed by atoms with Crippen molar-refractivity contribution in [3.05, 3.63) is 53.0 Å². The number of hydrogen-bond acceptors (Lipinski definition) is 3. The number of fused-ring (bicyclic) bond motifs is 1. The van der Waals surface area contributed by atoms with Crippen LogP contribution in [0.4, 0.5) is 5.82 Å². The maximum absolute atomic E-state index is 6.04. The molecule has 0 aromatic carbocycles. The van der Waals surface area contributed by atoms with Crippen LogP contribution in [0.1, 0.15) is 41.1 Å². The molecule has 1 aliphatic rings. The van der Waals surface area contributed by atoms with Gasteiger partial charge in [-0.25, -0.2) is 4.98 Å². The maximum atomic E-state index is 6.04. The third-order valence-electron chi connectivity index (χ3n) is 3.66. The van der Waals surface area contributed by atoms with Gasteiger partial charge in [0.05, 0.1) is 5.69 Å². The van der Waals surface area contributed by atoms with Gasteiger partial charge in [0, 0.05) is 23.9 Å². The van der Waals surface area contributed by atoms with E-state index in [0.717, 1.165) is 24.0 Å². The predicted molar refractivity (Wildman–Crippen MR) is 72.4 cm³/mol. The molecule has 0 aliphatic heterocycles. The van der Waals surface area contributed by atoms with Crippen LogP contribution in [0.15, 0.2) is 30.6 Å². The molecule has 0 fully saturated rings. The highest BCUT2D eigenvalue weighted by atomic mass is 14.8. The first-order chi connectivity index (χ1) is 8.75. The molecule has 2 aromatic heterocycles. The van der Waals surface area contributed by atoms with Gasteiger partial charge in [0.15, 0.2) is 0 Å². The van der Waals surface area contributed by atoms with Crippen molar-refractivity contribution >= 4 is 5.82 Å². The zero-order valence-electron chi connectivity index (χ0n) is 10.6. The maximum Gasteiger partial charge on any atom is 0.127 e. The van der Waals surface area contributed by atoms with Crippen LogP contribution < -0.4 is 5.73 Å². The summed E-state index contributed by atoms with van der Waals surface area (Å²) in [5, 5.41) is 0. The number of hydrogen-bond donors (Lipinski definition) is 1. The number of pyridine rings is 2. The van der Waals surface area contributed by atoms with E-state index in [-0.39, 0.29) is 0 Å². The summed E-state index contributed by atoms with van der Waals surface area (Å²) < 4.78 is 0. The van der Waals surface area contributed by atoms with Crippen LogP contribution in [0, 0.1) is 6.92 Å². The van der Waals surface area contributed by atoms with Gasteiger partial charge in [-0.3, -0.25) is 4.98 Å². The Kier molecular flexibility index (Phi) is 2.74. The Morgan fingerprint density at radius 2 is 2.22 bits per heavy atom. The highest BCUT2D eigenvalue weighted by molar-refractivity contribution is 5.48. The van der Waals surface area contributed by atoms with Crippen molar-refractivity contribution in [2.24, 2.45) is 0 Å². The van der Waals surface area contributed by atoms with Crippen LogP contribution >= 0.6 is 0 Å². The van der Waals surface area contributed by atoms with E-state index in [0.29, 0.717) is 11.7 Å². The SMILES string of the molecule is Cc1cnc(N)c(C2CCCc3cccnc32)c1. The molecule has 0 saturated heterocycles. The molecule has 92 valence electrons. The smallest absolute Gasteiger partial charge is 0.127 e. The molecule has 3 rings (SSSR count). The summed E-state index contributed by atoms with van der Waals surface area (Å²) in [6, 6.07) is 6.34. The lowest BCUT2D eigenvalue weighted by Gasteiger charge is -2.25. The number of nitrogens with two attached hydrogens (primary N) is 1. The van der Waals surface area contributed by atoms with Gasteiger partial charge in [-0.15, -0.1) is 0 Å². The molecule has 0 radical (unpaired) electrons. The molecule has 1 unspecified atom stereocenters. The highest BCUT2D eigenvalue weighted by Crippen LogP contribution is 2.37. The van der Waals surface area contributed by atoms with Crippen LogP contribution in [0.3, 0.4) is 0 Å². The zero-order chi connectivity index (χ0) is 12.5. The van der Waals surface area contributed by atoms with E-state index in [4.69, 9.17) is 5.73 Å².